The maximum absolute atomic E-state index is 13.3. The summed E-state index contributed by atoms with van der Waals surface area (Å²) in [5.74, 6) is 1.82. The summed E-state index contributed by atoms with van der Waals surface area (Å²) in [6.07, 6.45) is 3.47. The molecule has 144 valence electrons. The van der Waals surface area contributed by atoms with Crippen LogP contribution >= 0.6 is 0 Å². The van der Waals surface area contributed by atoms with Gasteiger partial charge in [0.2, 0.25) is 0 Å². The van der Waals surface area contributed by atoms with Gasteiger partial charge in [0.25, 0.3) is 5.91 Å². The summed E-state index contributed by atoms with van der Waals surface area (Å²) in [6, 6.07) is 9.56. The van der Waals surface area contributed by atoms with Crippen LogP contribution in [0.5, 0.6) is 11.5 Å². The summed E-state index contributed by atoms with van der Waals surface area (Å²) in [6.45, 7) is 5.42. The van der Waals surface area contributed by atoms with Gasteiger partial charge in [-0.05, 0) is 43.2 Å². The van der Waals surface area contributed by atoms with Crippen LogP contribution in [-0.2, 0) is 13.1 Å². The van der Waals surface area contributed by atoms with Crippen LogP contribution in [0.25, 0.3) is 0 Å². The molecular formula is C21H21N3O4. The van der Waals surface area contributed by atoms with Gasteiger partial charge in [0, 0.05) is 25.5 Å². The molecule has 2 aromatic heterocycles. The van der Waals surface area contributed by atoms with Crippen molar-refractivity contribution in [2.75, 3.05) is 13.2 Å². The molecule has 0 bridgehead atoms. The molecule has 0 spiro atoms. The number of hydrogen-bond acceptors (Lipinski definition) is 6. The van der Waals surface area contributed by atoms with Gasteiger partial charge >= 0.3 is 0 Å². The Kier molecular flexibility index (Phi) is 4.97. The van der Waals surface area contributed by atoms with Crippen LogP contribution in [-0.4, -0.2) is 34.2 Å². The molecule has 28 heavy (non-hydrogen) atoms. The van der Waals surface area contributed by atoms with Crippen LogP contribution in [0.4, 0.5) is 0 Å². The summed E-state index contributed by atoms with van der Waals surface area (Å²) < 4.78 is 16.4. The number of benzene rings is 1. The molecule has 0 aliphatic carbocycles. The summed E-state index contributed by atoms with van der Waals surface area (Å²) in [4.78, 5) is 19.2. The summed E-state index contributed by atoms with van der Waals surface area (Å²) in [5, 5.41) is 3.92. The third-order valence-corrected chi connectivity index (χ3v) is 4.61. The minimum absolute atomic E-state index is 0.130. The molecule has 0 saturated carbocycles. The molecule has 3 aromatic rings. The quantitative estimate of drug-likeness (QED) is 0.677. The van der Waals surface area contributed by atoms with E-state index in [9.17, 15) is 4.79 Å². The van der Waals surface area contributed by atoms with Crippen molar-refractivity contribution >= 4 is 5.91 Å². The zero-order valence-corrected chi connectivity index (χ0v) is 15.8. The van der Waals surface area contributed by atoms with Gasteiger partial charge in [0.05, 0.1) is 5.69 Å². The Bertz CT molecular complexity index is 965. The number of nitrogens with zero attached hydrogens (tertiary/aromatic N) is 3. The van der Waals surface area contributed by atoms with E-state index in [-0.39, 0.29) is 5.91 Å². The first-order valence-corrected chi connectivity index (χ1v) is 9.11. The lowest BCUT2D eigenvalue weighted by Gasteiger charge is -2.24. The topological polar surface area (TPSA) is 77.7 Å². The Morgan fingerprint density at radius 1 is 1.07 bits per heavy atom. The van der Waals surface area contributed by atoms with E-state index in [1.165, 1.54) is 0 Å². The number of ether oxygens (including phenoxy) is 2. The van der Waals surface area contributed by atoms with Crippen LogP contribution in [0, 0.1) is 13.8 Å². The SMILES string of the molecule is Cc1noc(C)c1C(=O)N(Cc1cccnc1)Cc1ccc2c(c1)OCCO2. The second kappa shape index (κ2) is 7.72. The lowest BCUT2D eigenvalue weighted by Crippen LogP contribution is -2.31. The minimum atomic E-state index is -0.130. The number of carbonyl (C=O) groups excluding carboxylic acids is 1. The molecule has 0 unspecified atom stereocenters. The van der Waals surface area contributed by atoms with E-state index in [4.69, 9.17) is 14.0 Å². The summed E-state index contributed by atoms with van der Waals surface area (Å²) in [7, 11) is 0. The zero-order chi connectivity index (χ0) is 19.5. The van der Waals surface area contributed by atoms with E-state index in [0.29, 0.717) is 49.1 Å². The number of hydrogen-bond donors (Lipinski definition) is 0. The zero-order valence-electron chi connectivity index (χ0n) is 15.8. The first-order chi connectivity index (χ1) is 13.6. The standard InChI is InChI=1S/C21H21N3O4/c1-14-20(15(2)28-23-14)21(25)24(13-17-4-3-7-22-11-17)12-16-5-6-18-19(10-16)27-9-8-26-18/h3-7,10-11H,8-9,12-13H2,1-2H3. The fourth-order valence-electron chi connectivity index (χ4n) is 3.26. The number of rotatable bonds is 5. The lowest BCUT2D eigenvalue weighted by atomic mass is 10.1. The van der Waals surface area contributed by atoms with Crippen LogP contribution < -0.4 is 9.47 Å². The summed E-state index contributed by atoms with van der Waals surface area (Å²) >= 11 is 0. The van der Waals surface area contributed by atoms with Gasteiger partial charge in [0.15, 0.2) is 11.5 Å². The van der Waals surface area contributed by atoms with Crippen LogP contribution in [0.1, 0.15) is 32.9 Å². The van der Waals surface area contributed by atoms with Crippen LogP contribution in [0.3, 0.4) is 0 Å². The molecule has 0 N–H and O–H groups in total. The summed E-state index contributed by atoms with van der Waals surface area (Å²) in [5.41, 5.74) is 2.98. The number of pyridine rings is 1. The van der Waals surface area contributed by atoms with Crippen molar-refractivity contribution in [3.05, 3.63) is 70.9 Å². The highest BCUT2D eigenvalue weighted by atomic mass is 16.6. The number of amides is 1. The van der Waals surface area contributed by atoms with Crippen molar-refractivity contribution in [2.45, 2.75) is 26.9 Å². The van der Waals surface area contributed by atoms with Crippen molar-refractivity contribution in [3.8, 4) is 11.5 Å². The van der Waals surface area contributed by atoms with Gasteiger partial charge in [-0.25, -0.2) is 0 Å². The van der Waals surface area contributed by atoms with Crippen LogP contribution in [0.15, 0.2) is 47.2 Å². The van der Waals surface area contributed by atoms with E-state index in [1.54, 1.807) is 31.1 Å². The maximum atomic E-state index is 13.3. The highest BCUT2D eigenvalue weighted by Crippen LogP contribution is 2.31. The van der Waals surface area contributed by atoms with E-state index in [0.717, 1.165) is 16.9 Å². The Morgan fingerprint density at radius 2 is 1.86 bits per heavy atom. The van der Waals surface area contributed by atoms with Crippen LogP contribution in [0.2, 0.25) is 0 Å². The van der Waals surface area contributed by atoms with Crippen molar-refractivity contribution < 1.29 is 18.8 Å². The Balaban J connectivity index is 1.64. The number of carbonyl (C=O) groups is 1. The maximum Gasteiger partial charge on any atom is 0.259 e. The molecule has 0 radical (unpaired) electrons. The van der Waals surface area contributed by atoms with Gasteiger partial charge in [-0.1, -0.05) is 17.3 Å². The third kappa shape index (κ3) is 3.69. The molecule has 4 rings (SSSR count). The molecule has 1 aromatic carbocycles. The fourth-order valence-corrected chi connectivity index (χ4v) is 3.26. The van der Waals surface area contributed by atoms with E-state index >= 15 is 0 Å². The highest BCUT2D eigenvalue weighted by Gasteiger charge is 2.24. The van der Waals surface area contributed by atoms with Gasteiger partial charge in [0.1, 0.15) is 24.5 Å². The third-order valence-electron chi connectivity index (χ3n) is 4.61. The van der Waals surface area contributed by atoms with Gasteiger partial charge in [-0.15, -0.1) is 0 Å². The van der Waals surface area contributed by atoms with Gasteiger partial charge < -0.3 is 18.9 Å². The van der Waals surface area contributed by atoms with Crippen molar-refractivity contribution in [2.24, 2.45) is 0 Å². The Hall–Kier alpha value is -3.35. The lowest BCUT2D eigenvalue weighted by molar-refractivity contribution is 0.0727. The van der Waals surface area contributed by atoms with E-state index < -0.39 is 0 Å². The molecule has 7 heteroatoms. The average molecular weight is 379 g/mol. The second-order valence-corrected chi connectivity index (χ2v) is 6.70. The Labute approximate surface area is 162 Å². The predicted molar refractivity (Wildman–Crippen MR) is 101 cm³/mol. The van der Waals surface area contributed by atoms with Crippen molar-refractivity contribution in [1.82, 2.24) is 15.0 Å². The van der Waals surface area contributed by atoms with Crippen molar-refractivity contribution in [3.63, 3.8) is 0 Å². The Morgan fingerprint density at radius 3 is 2.57 bits per heavy atom. The molecule has 1 aliphatic heterocycles. The smallest absolute Gasteiger partial charge is 0.259 e. The van der Waals surface area contributed by atoms with Crippen molar-refractivity contribution in [1.29, 1.82) is 0 Å². The van der Waals surface area contributed by atoms with E-state index in [1.807, 2.05) is 30.3 Å². The first-order valence-electron chi connectivity index (χ1n) is 9.11. The monoisotopic (exact) mass is 379 g/mol. The molecule has 0 saturated heterocycles. The predicted octanol–water partition coefficient (Wildman–Crippen LogP) is 3.30. The molecular weight excluding hydrogens is 358 g/mol. The number of fused-ring (bicyclic) bond motifs is 1. The highest BCUT2D eigenvalue weighted by molar-refractivity contribution is 5.96. The number of aromatic nitrogens is 2. The fraction of sp³-hybridized carbons (Fsp3) is 0.286. The van der Waals surface area contributed by atoms with Gasteiger partial charge in [-0.2, -0.15) is 0 Å². The average Bonchev–Trinajstić information content (AvgIpc) is 3.06. The first kappa shape index (κ1) is 18.0. The molecule has 0 fully saturated rings. The molecule has 1 amide bonds. The molecule has 1 aliphatic rings. The molecule has 7 nitrogen and oxygen atoms in total. The normalized spacial score (nSPS) is 12.6. The minimum Gasteiger partial charge on any atom is -0.486 e. The second-order valence-electron chi connectivity index (χ2n) is 6.70. The largest absolute Gasteiger partial charge is 0.486 e. The van der Waals surface area contributed by atoms with Gasteiger partial charge in [-0.3, -0.25) is 9.78 Å². The molecule has 0 atom stereocenters. The number of aryl methyl sites for hydroxylation is 2. The molecule has 3 heterocycles. The van der Waals surface area contributed by atoms with E-state index in [2.05, 4.69) is 10.1 Å².